The van der Waals surface area contributed by atoms with Crippen LogP contribution in [0.2, 0.25) is 19.6 Å². The molecule has 0 spiro atoms. The fourth-order valence-corrected chi connectivity index (χ4v) is 7.22. The van der Waals surface area contributed by atoms with Crippen molar-refractivity contribution < 1.29 is 9.35 Å². The van der Waals surface area contributed by atoms with Crippen molar-refractivity contribution >= 4 is 8.32 Å². The molecule has 0 amide bonds. The van der Waals surface area contributed by atoms with E-state index in [0.717, 1.165) is 48.1 Å². The van der Waals surface area contributed by atoms with Crippen molar-refractivity contribution in [3.8, 4) is 0 Å². The van der Waals surface area contributed by atoms with Gasteiger partial charge in [0.2, 0.25) is 6.54 Å². The maximum absolute atomic E-state index is 11.7. The molecule has 0 N–H and O–H groups in total. The third-order valence-corrected chi connectivity index (χ3v) is 8.29. The van der Waals surface area contributed by atoms with Crippen molar-refractivity contribution in [2.45, 2.75) is 63.4 Å². The molecule has 0 bridgehead atoms. The minimum atomic E-state index is -2.04. The largest absolute Gasteiger partial charge is 0.402 e. The summed E-state index contributed by atoms with van der Waals surface area (Å²) in [5.74, 6) is -0.266. The summed E-state index contributed by atoms with van der Waals surface area (Å²) in [5, 5.41) is 11.7. The van der Waals surface area contributed by atoms with Gasteiger partial charge < -0.3 is 9.33 Å². The average Bonchev–Trinajstić information content (AvgIpc) is 3.38. The van der Waals surface area contributed by atoms with Crippen molar-refractivity contribution in [1.29, 1.82) is 0 Å². The van der Waals surface area contributed by atoms with Crippen LogP contribution in [0.15, 0.2) is 103 Å². The zero-order chi connectivity index (χ0) is 27.2. The molecule has 0 aliphatic carbocycles. The van der Waals surface area contributed by atoms with Gasteiger partial charge in [0, 0.05) is 11.5 Å². The summed E-state index contributed by atoms with van der Waals surface area (Å²) in [7, 11) is -2.04. The molecule has 1 saturated heterocycles. The van der Waals surface area contributed by atoms with Crippen molar-refractivity contribution in [3.63, 3.8) is 0 Å². The molecule has 3 aromatic carbocycles. The van der Waals surface area contributed by atoms with E-state index in [0.29, 0.717) is 0 Å². The van der Waals surface area contributed by atoms with Crippen LogP contribution < -0.4 is 0 Å². The molecular formula is C32H40N2O3Si. The minimum absolute atomic E-state index is 0.0626. The van der Waals surface area contributed by atoms with Gasteiger partial charge in [-0.2, -0.15) is 0 Å². The molecule has 0 radical (unpaired) electrons. The van der Waals surface area contributed by atoms with Gasteiger partial charge in [-0.1, -0.05) is 97.9 Å². The number of rotatable bonds is 11. The van der Waals surface area contributed by atoms with Crippen LogP contribution in [0.5, 0.6) is 0 Å². The fourth-order valence-electron chi connectivity index (χ4n) is 5.88. The lowest BCUT2D eigenvalue weighted by Crippen LogP contribution is -2.53. The molecule has 38 heavy (non-hydrogen) atoms. The van der Waals surface area contributed by atoms with Gasteiger partial charge in [-0.25, -0.2) is 0 Å². The van der Waals surface area contributed by atoms with Crippen LogP contribution in [0.4, 0.5) is 0 Å². The third kappa shape index (κ3) is 6.25. The summed E-state index contributed by atoms with van der Waals surface area (Å²) in [6, 6.07) is 31.2. The van der Waals surface area contributed by atoms with E-state index in [9.17, 15) is 10.1 Å². The standard InChI is InChI=1S/C32H40N2O3Si/c1-5-26(30(25-34(35)36)27-16-9-6-10-17-27)24-33-23-15-22-31(33)32(37-38(2,3)4,28-18-11-7-12-19-28)29-20-13-8-14-21-29/h6-14,16-21,24,30-31H,5,15,22-23,25H2,1-4H3/b26-24+/t30-,31-/m0/s1. The van der Waals surface area contributed by atoms with Gasteiger partial charge in [0.05, 0.1) is 12.0 Å². The lowest BCUT2D eigenvalue weighted by Gasteiger charge is -2.47. The quantitative estimate of drug-likeness (QED) is 0.146. The van der Waals surface area contributed by atoms with Gasteiger partial charge in [-0.15, -0.1) is 0 Å². The minimum Gasteiger partial charge on any atom is -0.402 e. The Morgan fingerprint density at radius 2 is 1.53 bits per heavy atom. The van der Waals surface area contributed by atoms with Gasteiger partial charge >= 0.3 is 0 Å². The Morgan fingerprint density at radius 3 is 2.00 bits per heavy atom. The number of nitrogens with zero attached hydrogens (tertiary/aromatic N) is 2. The Balaban J connectivity index is 1.86. The number of hydrogen-bond acceptors (Lipinski definition) is 4. The van der Waals surface area contributed by atoms with Crippen molar-refractivity contribution in [3.05, 3.63) is 130 Å². The molecule has 1 aliphatic heterocycles. The van der Waals surface area contributed by atoms with Gasteiger partial charge in [-0.3, -0.25) is 10.1 Å². The summed E-state index contributed by atoms with van der Waals surface area (Å²) < 4.78 is 7.30. The number of hydrogen-bond donors (Lipinski definition) is 0. The summed E-state index contributed by atoms with van der Waals surface area (Å²) in [6.07, 6.45) is 5.00. The van der Waals surface area contributed by atoms with Crippen molar-refractivity contribution in [2.24, 2.45) is 0 Å². The Bertz CT molecular complexity index is 1170. The molecule has 3 aromatic rings. The Labute approximate surface area is 228 Å². The molecule has 1 aliphatic rings. The highest BCUT2D eigenvalue weighted by atomic mass is 28.4. The SMILES string of the molecule is CC/C(=C\N1CCC[C@H]1C(O[Si](C)(C)C)(c1ccccc1)c1ccccc1)[C@H](C[N+](=O)[O-])c1ccccc1. The lowest BCUT2D eigenvalue weighted by molar-refractivity contribution is -0.482. The maximum Gasteiger partial charge on any atom is 0.214 e. The summed E-state index contributed by atoms with van der Waals surface area (Å²) in [5.41, 5.74) is 3.74. The highest BCUT2D eigenvalue weighted by molar-refractivity contribution is 6.69. The molecule has 0 unspecified atom stereocenters. The van der Waals surface area contributed by atoms with E-state index < -0.39 is 13.9 Å². The summed E-state index contributed by atoms with van der Waals surface area (Å²) in [6.45, 7) is 9.64. The van der Waals surface area contributed by atoms with E-state index in [4.69, 9.17) is 4.43 Å². The Hall–Kier alpha value is -3.22. The van der Waals surface area contributed by atoms with Gasteiger partial charge in [-0.05, 0) is 67.4 Å². The first-order chi connectivity index (χ1) is 18.2. The fraction of sp³-hybridized carbons (Fsp3) is 0.375. The van der Waals surface area contributed by atoms with Gasteiger partial charge in [0.15, 0.2) is 8.32 Å². The second kappa shape index (κ2) is 12.1. The van der Waals surface area contributed by atoms with E-state index in [1.165, 1.54) is 0 Å². The Morgan fingerprint density at radius 1 is 1.00 bits per heavy atom. The summed E-state index contributed by atoms with van der Waals surface area (Å²) in [4.78, 5) is 14.0. The lowest BCUT2D eigenvalue weighted by atomic mass is 9.79. The second-order valence-corrected chi connectivity index (χ2v) is 15.5. The molecule has 1 fully saturated rings. The van der Waals surface area contributed by atoms with E-state index in [-0.39, 0.29) is 23.4 Å². The third-order valence-electron chi connectivity index (χ3n) is 7.36. The molecule has 0 saturated carbocycles. The highest BCUT2D eigenvalue weighted by Gasteiger charge is 2.49. The smallest absolute Gasteiger partial charge is 0.214 e. The van der Waals surface area contributed by atoms with Crippen LogP contribution >= 0.6 is 0 Å². The Kier molecular flexibility index (Phi) is 8.85. The molecule has 2 atom stereocenters. The number of nitro groups is 1. The zero-order valence-corrected chi connectivity index (χ0v) is 24.0. The predicted molar refractivity (Wildman–Crippen MR) is 157 cm³/mol. The van der Waals surface area contributed by atoms with Crippen LogP contribution in [0.1, 0.15) is 48.8 Å². The molecule has 4 rings (SSSR count). The van der Waals surface area contributed by atoms with Crippen LogP contribution in [0.25, 0.3) is 0 Å². The molecule has 5 nitrogen and oxygen atoms in total. The normalized spacial score (nSPS) is 17.4. The topological polar surface area (TPSA) is 55.6 Å². The van der Waals surface area contributed by atoms with Crippen molar-refractivity contribution in [1.82, 2.24) is 4.90 Å². The maximum atomic E-state index is 11.7. The van der Waals surface area contributed by atoms with Crippen molar-refractivity contribution in [2.75, 3.05) is 13.1 Å². The van der Waals surface area contributed by atoms with E-state index >= 15 is 0 Å². The van der Waals surface area contributed by atoms with Crippen LogP contribution in [-0.2, 0) is 10.0 Å². The van der Waals surface area contributed by atoms with E-state index in [2.05, 4.69) is 98.3 Å². The van der Waals surface area contributed by atoms with Crippen LogP contribution in [0.3, 0.4) is 0 Å². The van der Waals surface area contributed by atoms with E-state index in [1.54, 1.807) is 0 Å². The number of benzene rings is 3. The predicted octanol–water partition coefficient (Wildman–Crippen LogP) is 7.60. The van der Waals surface area contributed by atoms with Gasteiger partial charge in [0.1, 0.15) is 5.60 Å². The molecule has 6 heteroatoms. The first-order valence-electron chi connectivity index (χ1n) is 13.7. The van der Waals surface area contributed by atoms with Gasteiger partial charge in [0.25, 0.3) is 0 Å². The van der Waals surface area contributed by atoms with Crippen LogP contribution in [0, 0.1) is 10.1 Å². The highest BCUT2D eigenvalue weighted by Crippen LogP contribution is 2.46. The molecular weight excluding hydrogens is 488 g/mol. The second-order valence-electron chi connectivity index (χ2n) is 11.1. The van der Waals surface area contributed by atoms with Crippen LogP contribution in [-0.4, -0.2) is 37.3 Å². The first kappa shape index (κ1) is 27.8. The molecule has 0 aromatic heterocycles. The molecule has 200 valence electrons. The zero-order valence-electron chi connectivity index (χ0n) is 23.0. The monoisotopic (exact) mass is 528 g/mol. The first-order valence-corrected chi connectivity index (χ1v) is 17.1. The van der Waals surface area contributed by atoms with E-state index in [1.807, 2.05) is 30.3 Å². The number of likely N-dealkylation sites (tertiary alicyclic amines) is 1. The molecule has 1 heterocycles. The summed E-state index contributed by atoms with van der Waals surface area (Å²) >= 11 is 0. The average molecular weight is 529 g/mol.